The van der Waals surface area contributed by atoms with Crippen LogP contribution in [-0.2, 0) is 11.3 Å². The normalized spacial score (nSPS) is 18.2. The second-order valence-electron chi connectivity index (χ2n) is 8.92. The van der Waals surface area contributed by atoms with Crippen LogP contribution >= 0.6 is 11.6 Å². The molecule has 1 N–H and O–H groups in total. The molecule has 170 valence electrons. The molecule has 2 amide bonds. The molecule has 2 aliphatic heterocycles. The number of anilines is 1. The fourth-order valence-corrected chi connectivity index (χ4v) is 4.92. The zero-order valence-electron chi connectivity index (χ0n) is 18.6. The number of carbonyl (C=O) groups is 2. The standard InChI is InChI=1S/C26H32ClN3O2/c27-22-9-7-8-20(18-22)19-29-16-12-21(13-17-29)25(31)28-24-11-4-3-10-23(24)26(32)30-14-5-1-2-6-15-30/h3-4,7-11,18,21H,1-2,5-6,12-17,19H2,(H,28,31). The van der Waals surface area contributed by atoms with E-state index in [-0.39, 0.29) is 17.7 Å². The number of likely N-dealkylation sites (tertiary alicyclic amines) is 2. The van der Waals surface area contributed by atoms with Gasteiger partial charge in [-0.15, -0.1) is 0 Å². The van der Waals surface area contributed by atoms with Crippen molar-refractivity contribution in [3.63, 3.8) is 0 Å². The van der Waals surface area contributed by atoms with Crippen LogP contribution in [0.4, 0.5) is 5.69 Å². The number of hydrogen-bond donors (Lipinski definition) is 1. The van der Waals surface area contributed by atoms with Gasteiger partial charge in [0.1, 0.15) is 0 Å². The van der Waals surface area contributed by atoms with E-state index >= 15 is 0 Å². The summed E-state index contributed by atoms with van der Waals surface area (Å²) >= 11 is 6.10. The van der Waals surface area contributed by atoms with Gasteiger partial charge in [-0.05, 0) is 68.6 Å². The second kappa shape index (κ2) is 11.0. The van der Waals surface area contributed by atoms with E-state index < -0.39 is 0 Å². The molecule has 2 fully saturated rings. The molecule has 0 saturated carbocycles. The molecule has 2 aromatic carbocycles. The number of nitrogens with one attached hydrogen (secondary N) is 1. The molecule has 5 nitrogen and oxygen atoms in total. The van der Waals surface area contributed by atoms with E-state index in [1.165, 1.54) is 18.4 Å². The zero-order valence-corrected chi connectivity index (χ0v) is 19.3. The average Bonchev–Trinajstić information content (AvgIpc) is 3.09. The molecule has 2 heterocycles. The number of benzene rings is 2. The molecule has 0 aliphatic carbocycles. The Morgan fingerprint density at radius 1 is 0.906 bits per heavy atom. The van der Waals surface area contributed by atoms with E-state index in [1.807, 2.05) is 47.4 Å². The van der Waals surface area contributed by atoms with Crippen LogP contribution in [0.15, 0.2) is 48.5 Å². The van der Waals surface area contributed by atoms with Crippen LogP contribution in [0.5, 0.6) is 0 Å². The maximum atomic E-state index is 13.1. The summed E-state index contributed by atoms with van der Waals surface area (Å²) in [4.78, 5) is 30.4. The third-order valence-corrected chi connectivity index (χ3v) is 6.80. The van der Waals surface area contributed by atoms with Crippen LogP contribution in [-0.4, -0.2) is 47.8 Å². The third kappa shape index (κ3) is 5.90. The van der Waals surface area contributed by atoms with Crippen molar-refractivity contribution < 1.29 is 9.59 Å². The number of nitrogens with zero attached hydrogens (tertiary/aromatic N) is 2. The summed E-state index contributed by atoms with van der Waals surface area (Å²) in [5.74, 6) is 0.00891. The Balaban J connectivity index is 1.34. The highest BCUT2D eigenvalue weighted by Crippen LogP contribution is 2.24. The maximum absolute atomic E-state index is 13.1. The Morgan fingerprint density at radius 3 is 2.34 bits per heavy atom. The fourth-order valence-electron chi connectivity index (χ4n) is 4.70. The summed E-state index contributed by atoms with van der Waals surface area (Å²) in [6.07, 6.45) is 6.08. The van der Waals surface area contributed by atoms with Crippen molar-refractivity contribution >= 4 is 29.1 Å². The predicted molar refractivity (Wildman–Crippen MR) is 129 cm³/mol. The van der Waals surface area contributed by atoms with E-state index in [0.29, 0.717) is 11.3 Å². The first-order chi connectivity index (χ1) is 15.6. The number of rotatable bonds is 5. The number of piperidine rings is 1. The molecule has 0 spiro atoms. The van der Waals surface area contributed by atoms with Gasteiger partial charge in [0, 0.05) is 30.6 Å². The van der Waals surface area contributed by atoms with Gasteiger partial charge in [0.2, 0.25) is 5.91 Å². The minimum absolute atomic E-state index is 0.0171. The topological polar surface area (TPSA) is 52.7 Å². The molecule has 6 heteroatoms. The predicted octanol–water partition coefficient (Wildman–Crippen LogP) is 5.21. The Kier molecular flexibility index (Phi) is 7.82. The van der Waals surface area contributed by atoms with Crippen molar-refractivity contribution in [2.45, 2.75) is 45.1 Å². The largest absolute Gasteiger partial charge is 0.339 e. The van der Waals surface area contributed by atoms with Crippen LogP contribution < -0.4 is 5.32 Å². The van der Waals surface area contributed by atoms with Gasteiger partial charge in [-0.1, -0.05) is 48.7 Å². The minimum atomic E-state index is -0.0352. The van der Waals surface area contributed by atoms with Crippen LogP contribution in [0.2, 0.25) is 5.02 Å². The molecular weight excluding hydrogens is 422 g/mol. The smallest absolute Gasteiger partial charge is 0.255 e. The molecule has 2 aromatic rings. The van der Waals surface area contributed by atoms with E-state index in [4.69, 9.17) is 11.6 Å². The molecule has 0 radical (unpaired) electrons. The monoisotopic (exact) mass is 453 g/mol. The highest BCUT2D eigenvalue weighted by atomic mass is 35.5. The van der Waals surface area contributed by atoms with Crippen molar-refractivity contribution in [1.29, 1.82) is 0 Å². The van der Waals surface area contributed by atoms with Gasteiger partial charge in [0.05, 0.1) is 11.3 Å². The van der Waals surface area contributed by atoms with E-state index in [1.54, 1.807) is 0 Å². The highest BCUT2D eigenvalue weighted by molar-refractivity contribution is 6.30. The molecule has 0 bridgehead atoms. The fraction of sp³-hybridized carbons (Fsp3) is 0.462. The number of halogens is 1. The number of hydrogen-bond acceptors (Lipinski definition) is 3. The zero-order chi connectivity index (χ0) is 22.3. The molecule has 0 aromatic heterocycles. The summed E-state index contributed by atoms with van der Waals surface area (Å²) in [5, 5.41) is 3.82. The van der Waals surface area contributed by atoms with Gasteiger partial charge in [-0.3, -0.25) is 14.5 Å². The average molecular weight is 454 g/mol. The van der Waals surface area contributed by atoms with E-state index in [0.717, 1.165) is 63.4 Å². The Hall–Kier alpha value is -2.37. The summed E-state index contributed by atoms with van der Waals surface area (Å²) in [5.41, 5.74) is 2.43. The van der Waals surface area contributed by atoms with Gasteiger partial charge >= 0.3 is 0 Å². The Labute approximate surface area is 195 Å². The molecule has 2 aliphatic rings. The van der Waals surface area contributed by atoms with Crippen molar-refractivity contribution in [1.82, 2.24) is 9.80 Å². The lowest BCUT2D eigenvalue weighted by Gasteiger charge is -2.31. The Morgan fingerprint density at radius 2 is 1.62 bits per heavy atom. The first-order valence-corrected chi connectivity index (χ1v) is 12.1. The summed E-state index contributed by atoms with van der Waals surface area (Å²) < 4.78 is 0. The summed E-state index contributed by atoms with van der Waals surface area (Å²) in [6.45, 7) is 4.19. The number of para-hydroxylation sites is 1. The minimum Gasteiger partial charge on any atom is -0.339 e. The highest BCUT2D eigenvalue weighted by Gasteiger charge is 2.27. The summed E-state index contributed by atoms with van der Waals surface area (Å²) in [7, 11) is 0. The summed E-state index contributed by atoms with van der Waals surface area (Å²) in [6, 6.07) is 15.4. The molecule has 4 rings (SSSR count). The first kappa shape index (κ1) is 22.8. The van der Waals surface area contributed by atoms with Crippen molar-refractivity contribution in [3.8, 4) is 0 Å². The lowest BCUT2D eigenvalue weighted by atomic mass is 9.95. The van der Waals surface area contributed by atoms with Gasteiger partial charge < -0.3 is 10.2 Å². The van der Waals surface area contributed by atoms with Crippen molar-refractivity contribution in [2.75, 3.05) is 31.5 Å². The van der Waals surface area contributed by atoms with Crippen LogP contribution in [0.1, 0.15) is 54.4 Å². The molecule has 0 atom stereocenters. The van der Waals surface area contributed by atoms with Crippen LogP contribution in [0.25, 0.3) is 0 Å². The number of amides is 2. The van der Waals surface area contributed by atoms with Gasteiger partial charge in [0.15, 0.2) is 0 Å². The van der Waals surface area contributed by atoms with Gasteiger partial charge in [-0.2, -0.15) is 0 Å². The van der Waals surface area contributed by atoms with Crippen LogP contribution in [0.3, 0.4) is 0 Å². The molecular formula is C26H32ClN3O2. The van der Waals surface area contributed by atoms with Gasteiger partial charge in [-0.25, -0.2) is 0 Å². The third-order valence-electron chi connectivity index (χ3n) is 6.56. The molecule has 2 saturated heterocycles. The van der Waals surface area contributed by atoms with Crippen LogP contribution in [0, 0.1) is 5.92 Å². The number of carbonyl (C=O) groups excluding carboxylic acids is 2. The second-order valence-corrected chi connectivity index (χ2v) is 9.36. The van der Waals surface area contributed by atoms with Gasteiger partial charge in [0.25, 0.3) is 5.91 Å². The van der Waals surface area contributed by atoms with E-state index in [9.17, 15) is 9.59 Å². The Bertz CT molecular complexity index is 932. The van der Waals surface area contributed by atoms with Crippen molar-refractivity contribution in [2.24, 2.45) is 5.92 Å². The lowest BCUT2D eigenvalue weighted by molar-refractivity contribution is -0.121. The first-order valence-electron chi connectivity index (χ1n) is 11.8. The lowest BCUT2D eigenvalue weighted by Crippen LogP contribution is -2.38. The molecule has 32 heavy (non-hydrogen) atoms. The molecule has 0 unspecified atom stereocenters. The SMILES string of the molecule is O=C(Nc1ccccc1C(=O)N1CCCCCC1)C1CCN(Cc2cccc(Cl)c2)CC1. The van der Waals surface area contributed by atoms with E-state index in [2.05, 4.69) is 16.3 Å². The van der Waals surface area contributed by atoms with Crippen molar-refractivity contribution in [3.05, 3.63) is 64.7 Å². The maximum Gasteiger partial charge on any atom is 0.255 e. The quantitative estimate of drug-likeness (QED) is 0.676.